The van der Waals surface area contributed by atoms with Gasteiger partial charge in [-0.2, -0.15) is 23.4 Å². The molecule has 2 aromatic carbocycles. The molecule has 0 amide bonds. The van der Waals surface area contributed by atoms with E-state index in [-0.39, 0.29) is 0 Å². The number of rotatable bonds is 4. The fraction of sp³-hybridized carbons (Fsp3) is 0.176. The van der Waals surface area contributed by atoms with Gasteiger partial charge in [0.2, 0.25) is 0 Å². The third kappa shape index (κ3) is 4.55. The molecule has 0 aliphatic carbocycles. The molecule has 0 heterocycles. The van der Waals surface area contributed by atoms with Crippen LogP contribution < -0.4 is 0 Å². The lowest BCUT2D eigenvalue weighted by atomic mass is 10.1. The highest BCUT2D eigenvalue weighted by Gasteiger charge is 2.29. The minimum atomic E-state index is -4.32. The number of nitrogens with zero attached hydrogens (tertiary/aromatic N) is 2. The van der Waals surface area contributed by atoms with Gasteiger partial charge < -0.3 is 0 Å². The molecule has 2 aromatic rings. The molecule has 0 N–H and O–H groups in total. The zero-order chi connectivity index (χ0) is 16.0. The Morgan fingerprint density at radius 2 is 1.27 bits per heavy atom. The molecule has 0 aliphatic rings. The monoisotopic (exact) mass is 304 g/mol. The zero-order valence-corrected chi connectivity index (χ0v) is 12.0. The summed E-state index contributed by atoms with van der Waals surface area (Å²) in [7, 11) is 0. The maximum absolute atomic E-state index is 12.4. The first-order valence-corrected chi connectivity index (χ1v) is 6.81. The van der Waals surface area contributed by atoms with Crippen LogP contribution in [-0.2, 0) is 12.6 Å². The largest absolute Gasteiger partial charge is 0.416 e. The van der Waals surface area contributed by atoms with Crippen LogP contribution in [0.5, 0.6) is 0 Å². The average molecular weight is 304 g/mol. The molecule has 0 saturated heterocycles. The lowest BCUT2D eigenvalue weighted by Crippen LogP contribution is -2.04. The maximum Gasteiger partial charge on any atom is 0.416 e. The summed E-state index contributed by atoms with van der Waals surface area (Å²) in [6.45, 7) is 2.08. The van der Waals surface area contributed by atoms with E-state index in [9.17, 15) is 13.2 Å². The highest BCUT2D eigenvalue weighted by molar-refractivity contribution is 5.82. The van der Waals surface area contributed by atoms with Crippen LogP contribution in [0, 0.1) is 0 Å². The Morgan fingerprint density at radius 3 is 1.68 bits per heavy atom. The minimum Gasteiger partial charge on any atom is -0.166 e. The molecular formula is C17H15F3N2. The normalized spacial score (nSPS) is 12.4. The second-order valence-electron chi connectivity index (χ2n) is 4.70. The quantitative estimate of drug-likeness (QED) is 0.577. The van der Waals surface area contributed by atoms with E-state index in [4.69, 9.17) is 0 Å². The Bertz CT molecular complexity index is 654. The van der Waals surface area contributed by atoms with Crippen molar-refractivity contribution in [1.82, 2.24) is 0 Å². The molecule has 0 aliphatic heterocycles. The Kier molecular flexibility index (Phi) is 5.09. The lowest BCUT2D eigenvalue weighted by molar-refractivity contribution is -0.137. The summed E-state index contributed by atoms with van der Waals surface area (Å²) in [5, 5.41) is 7.72. The Hall–Kier alpha value is -2.43. The van der Waals surface area contributed by atoms with Crippen LogP contribution in [0.1, 0.15) is 29.2 Å². The summed E-state index contributed by atoms with van der Waals surface area (Å²) < 4.78 is 37.2. The zero-order valence-electron chi connectivity index (χ0n) is 12.0. The van der Waals surface area contributed by atoms with Gasteiger partial charge in [-0.3, -0.25) is 0 Å². The van der Waals surface area contributed by atoms with E-state index in [2.05, 4.69) is 17.1 Å². The van der Waals surface area contributed by atoms with Gasteiger partial charge in [-0.05, 0) is 35.2 Å². The summed E-state index contributed by atoms with van der Waals surface area (Å²) in [4.78, 5) is 0. The highest BCUT2D eigenvalue weighted by Crippen LogP contribution is 2.28. The van der Waals surface area contributed by atoms with Crippen molar-refractivity contribution in [2.75, 3.05) is 0 Å². The fourth-order valence-corrected chi connectivity index (χ4v) is 1.80. The molecule has 0 atom stereocenters. The third-order valence-corrected chi connectivity index (χ3v) is 3.11. The first kappa shape index (κ1) is 15.9. The molecule has 0 radical (unpaired) electrons. The Balaban J connectivity index is 1.98. The fourth-order valence-electron chi connectivity index (χ4n) is 1.80. The number of hydrogen-bond donors (Lipinski definition) is 0. The second-order valence-corrected chi connectivity index (χ2v) is 4.70. The van der Waals surface area contributed by atoms with Crippen molar-refractivity contribution in [3.05, 3.63) is 70.8 Å². The SMILES string of the molecule is CCc1ccc(/C=N/N=C/c2ccc(C(F)(F)F)cc2)cc1. The van der Waals surface area contributed by atoms with Crippen LogP contribution in [0.4, 0.5) is 13.2 Å². The first-order valence-electron chi connectivity index (χ1n) is 6.81. The predicted octanol–water partition coefficient (Wildman–Crippen LogP) is 4.72. The number of benzene rings is 2. The second kappa shape index (κ2) is 7.02. The van der Waals surface area contributed by atoms with Gasteiger partial charge in [0, 0.05) is 0 Å². The lowest BCUT2D eigenvalue weighted by Gasteiger charge is -2.05. The van der Waals surface area contributed by atoms with Crippen LogP contribution in [0.3, 0.4) is 0 Å². The van der Waals surface area contributed by atoms with E-state index < -0.39 is 11.7 Å². The van der Waals surface area contributed by atoms with Gasteiger partial charge in [0.1, 0.15) is 0 Å². The molecule has 0 aromatic heterocycles. The van der Waals surface area contributed by atoms with Crippen LogP contribution >= 0.6 is 0 Å². The van der Waals surface area contributed by atoms with Crippen LogP contribution in [0.15, 0.2) is 58.7 Å². The van der Waals surface area contributed by atoms with E-state index in [0.29, 0.717) is 5.56 Å². The average Bonchev–Trinajstić information content (AvgIpc) is 2.52. The number of hydrogen-bond acceptors (Lipinski definition) is 2. The number of halogens is 3. The minimum absolute atomic E-state index is 0.562. The molecule has 0 bridgehead atoms. The van der Waals surface area contributed by atoms with Crippen molar-refractivity contribution >= 4 is 12.4 Å². The van der Waals surface area contributed by atoms with Gasteiger partial charge in [0.05, 0.1) is 18.0 Å². The number of alkyl halides is 3. The van der Waals surface area contributed by atoms with Crippen LogP contribution in [0.2, 0.25) is 0 Å². The summed E-state index contributed by atoms with van der Waals surface area (Å²) in [5.41, 5.74) is 2.04. The Morgan fingerprint density at radius 1 is 0.818 bits per heavy atom. The molecule has 5 heteroatoms. The molecule has 0 spiro atoms. The van der Waals surface area contributed by atoms with Crippen molar-refractivity contribution in [2.45, 2.75) is 19.5 Å². The van der Waals surface area contributed by atoms with E-state index in [1.807, 2.05) is 24.3 Å². The van der Waals surface area contributed by atoms with Gasteiger partial charge in [-0.1, -0.05) is 43.3 Å². The van der Waals surface area contributed by atoms with Crippen molar-refractivity contribution in [1.29, 1.82) is 0 Å². The van der Waals surface area contributed by atoms with Crippen molar-refractivity contribution in [3.63, 3.8) is 0 Å². The van der Waals surface area contributed by atoms with Gasteiger partial charge in [0.25, 0.3) is 0 Å². The summed E-state index contributed by atoms with van der Waals surface area (Å²) in [6, 6.07) is 12.7. The summed E-state index contributed by atoms with van der Waals surface area (Å²) in [6.07, 6.45) is -0.334. The smallest absolute Gasteiger partial charge is 0.166 e. The highest BCUT2D eigenvalue weighted by atomic mass is 19.4. The summed E-state index contributed by atoms with van der Waals surface area (Å²) >= 11 is 0. The summed E-state index contributed by atoms with van der Waals surface area (Å²) in [5.74, 6) is 0. The molecule has 0 unspecified atom stereocenters. The van der Waals surface area contributed by atoms with E-state index in [0.717, 1.165) is 24.1 Å². The van der Waals surface area contributed by atoms with E-state index in [1.165, 1.54) is 23.9 Å². The molecule has 2 nitrogen and oxygen atoms in total. The van der Waals surface area contributed by atoms with Crippen molar-refractivity contribution < 1.29 is 13.2 Å². The predicted molar refractivity (Wildman–Crippen MR) is 82.5 cm³/mol. The third-order valence-electron chi connectivity index (χ3n) is 3.11. The van der Waals surface area contributed by atoms with Gasteiger partial charge >= 0.3 is 6.18 Å². The van der Waals surface area contributed by atoms with E-state index >= 15 is 0 Å². The van der Waals surface area contributed by atoms with Crippen LogP contribution in [-0.4, -0.2) is 12.4 Å². The van der Waals surface area contributed by atoms with Gasteiger partial charge in [-0.15, -0.1) is 0 Å². The van der Waals surface area contributed by atoms with Crippen LogP contribution in [0.25, 0.3) is 0 Å². The van der Waals surface area contributed by atoms with Crippen molar-refractivity contribution in [2.24, 2.45) is 10.2 Å². The number of aryl methyl sites for hydroxylation is 1. The first-order chi connectivity index (χ1) is 10.5. The molecule has 0 fully saturated rings. The molecular weight excluding hydrogens is 289 g/mol. The van der Waals surface area contributed by atoms with Gasteiger partial charge in [0.15, 0.2) is 0 Å². The molecule has 2 rings (SSSR count). The van der Waals surface area contributed by atoms with Gasteiger partial charge in [-0.25, -0.2) is 0 Å². The van der Waals surface area contributed by atoms with Crippen molar-refractivity contribution in [3.8, 4) is 0 Å². The molecule has 22 heavy (non-hydrogen) atoms. The molecule has 0 saturated carbocycles. The maximum atomic E-state index is 12.4. The standard InChI is InChI=1S/C17H15F3N2/c1-2-13-3-5-14(6-4-13)11-21-22-12-15-7-9-16(10-8-15)17(18,19)20/h3-12H,2H2,1H3/b21-11+,22-12+. The Labute approximate surface area is 127 Å². The molecule has 114 valence electrons. The topological polar surface area (TPSA) is 24.7 Å². The van der Waals surface area contributed by atoms with E-state index in [1.54, 1.807) is 6.21 Å².